The average Bonchev–Trinajstić information content (AvgIpc) is 2.40. The third-order valence-corrected chi connectivity index (χ3v) is 2.98. The van der Waals surface area contributed by atoms with Crippen LogP contribution in [0.25, 0.3) is 0 Å². The van der Waals surface area contributed by atoms with E-state index in [1.807, 2.05) is 23.0 Å². The fourth-order valence-electron chi connectivity index (χ4n) is 2.06. The Balaban J connectivity index is 2.03. The van der Waals surface area contributed by atoms with Gasteiger partial charge in [-0.25, -0.2) is 5.26 Å². The molecule has 1 radical (unpaired) electrons. The maximum atomic E-state index is 8.60. The van der Waals surface area contributed by atoms with E-state index in [-0.39, 0.29) is 0 Å². The number of anilines is 1. The number of benzene rings is 1. The van der Waals surface area contributed by atoms with E-state index < -0.39 is 0 Å². The highest BCUT2D eigenvalue weighted by Crippen LogP contribution is 2.28. The van der Waals surface area contributed by atoms with Gasteiger partial charge in [-0.2, -0.15) is 0 Å². The predicted octanol–water partition coefficient (Wildman–Crippen LogP) is 0.917. The standard InChI is InChI=1S/C12H15BN3O/c1-17-12-5-3-2-4-11(12)15-6-8-16(9-7-15)13-10-14/h2-5H,6-9H2,1H3. The molecule has 17 heavy (non-hydrogen) atoms. The van der Waals surface area contributed by atoms with Gasteiger partial charge in [0.15, 0.2) is 0 Å². The van der Waals surface area contributed by atoms with Crippen LogP contribution in [-0.4, -0.2) is 45.5 Å². The van der Waals surface area contributed by atoms with Crippen LogP contribution in [0.2, 0.25) is 0 Å². The van der Waals surface area contributed by atoms with Crippen molar-refractivity contribution in [3.8, 4) is 11.7 Å². The number of methoxy groups -OCH3 is 1. The first-order chi connectivity index (χ1) is 8.35. The lowest BCUT2D eigenvalue weighted by atomic mass is 9.93. The summed E-state index contributed by atoms with van der Waals surface area (Å²) in [5.41, 5.74) is 1.13. The van der Waals surface area contributed by atoms with Crippen LogP contribution in [0, 0.1) is 11.2 Å². The van der Waals surface area contributed by atoms with E-state index in [2.05, 4.69) is 16.9 Å². The van der Waals surface area contributed by atoms with Crippen molar-refractivity contribution >= 4 is 13.1 Å². The first kappa shape index (κ1) is 11.8. The van der Waals surface area contributed by atoms with Crippen molar-refractivity contribution in [3.63, 3.8) is 0 Å². The molecule has 1 aromatic carbocycles. The minimum atomic E-state index is 0.881. The fraction of sp³-hybridized carbons (Fsp3) is 0.417. The molecule has 1 heterocycles. The lowest BCUT2D eigenvalue weighted by molar-refractivity contribution is 0.394. The summed E-state index contributed by atoms with van der Waals surface area (Å²) in [6.45, 7) is 3.59. The second kappa shape index (κ2) is 5.60. The Morgan fingerprint density at radius 1 is 1.24 bits per heavy atom. The van der Waals surface area contributed by atoms with Crippen LogP contribution < -0.4 is 9.64 Å². The van der Waals surface area contributed by atoms with Crippen LogP contribution in [-0.2, 0) is 0 Å². The van der Waals surface area contributed by atoms with Gasteiger partial charge >= 0.3 is 7.41 Å². The molecule has 1 aliphatic rings. The van der Waals surface area contributed by atoms with Crippen LogP contribution >= 0.6 is 0 Å². The molecule has 2 rings (SSSR count). The van der Waals surface area contributed by atoms with Crippen molar-refractivity contribution in [2.45, 2.75) is 0 Å². The Labute approximate surface area is 103 Å². The van der Waals surface area contributed by atoms with Gasteiger partial charge in [-0.1, -0.05) is 12.1 Å². The Bertz CT molecular complexity index is 410. The number of hydrogen-bond acceptors (Lipinski definition) is 4. The molecule has 0 bridgehead atoms. The number of nitriles is 1. The highest BCUT2D eigenvalue weighted by molar-refractivity contribution is 6.41. The second-order valence-electron chi connectivity index (χ2n) is 3.95. The van der Waals surface area contributed by atoms with Crippen LogP contribution in [0.1, 0.15) is 0 Å². The van der Waals surface area contributed by atoms with E-state index in [0.29, 0.717) is 0 Å². The van der Waals surface area contributed by atoms with Crippen LogP contribution in [0.15, 0.2) is 24.3 Å². The van der Waals surface area contributed by atoms with E-state index >= 15 is 0 Å². The summed E-state index contributed by atoms with van der Waals surface area (Å²) >= 11 is 0. The Morgan fingerprint density at radius 3 is 2.59 bits per heavy atom. The summed E-state index contributed by atoms with van der Waals surface area (Å²) in [4.78, 5) is 4.34. The van der Waals surface area contributed by atoms with Crippen LogP contribution in [0.3, 0.4) is 0 Å². The second-order valence-corrected chi connectivity index (χ2v) is 3.95. The van der Waals surface area contributed by atoms with Crippen LogP contribution in [0.5, 0.6) is 5.75 Å². The normalized spacial score (nSPS) is 16.4. The van der Waals surface area contributed by atoms with Gasteiger partial charge in [0.1, 0.15) is 5.75 Å². The molecule has 1 fully saturated rings. The third kappa shape index (κ3) is 2.72. The molecule has 0 saturated carbocycles. The molecular weight excluding hydrogens is 213 g/mol. The Morgan fingerprint density at radius 2 is 1.94 bits per heavy atom. The smallest absolute Gasteiger partial charge is 0.351 e. The third-order valence-electron chi connectivity index (χ3n) is 2.98. The van der Waals surface area contributed by atoms with Crippen molar-refractivity contribution in [2.75, 3.05) is 38.2 Å². The number of hydrogen-bond donors (Lipinski definition) is 0. The molecule has 0 N–H and O–H groups in total. The molecule has 1 aliphatic heterocycles. The van der Waals surface area contributed by atoms with Crippen molar-refractivity contribution in [2.24, 2.45) is 0 Å². The summed E-state index contributed by atoms with van der Waals surface area (Å²) in [6.07, 6.45) is 0. The maximum Gasteiger partial charge on any atom is 0.351 e. The van der Waals surface area contributed by atoms with Crippen molar-refractivity contribution in [1.82, 2.24) is 4.81 Å². The molecule has 5 heteroatoms. The van der Waals surface area contributed by atoms with Crippen molar-refractivity contribution in [1.29, 1.82) is 5.26 Å². The summed E-state index contributed by atoms with van der Waals surface area (Å²) in [5, 5.41) is 8.60. The molecule has 0 atom stereocenters. The monoisotopic (exact) mass is 228 g/mol. The average molecular weight is 228 g/mol. The molecule has 0 unspecified atom stereocenters. The zero-order chi connectivity index (χ0) is 12.1. The first-order valence-electron chi connectivity index (χ1n) is 5.70. The van der Waals surface area contributed by atoms with Gasteiger partial charge in [-0.3, -0.25) is 0 Å². The molecule has 1 aromatic rings. The van der Waals surface area contributed by atoms with E-state index in [1.165, 1.54) is 0 Å². The zero-order valence-electron chi connectivity index (χ0n) is 9.97. The number of rotatable bonds is 3. The fourth-order valence-corrected chi connectivity index (χ4v) is 2.06. The van der Waals surface area contributed by atoms with Gasteiger partial charge in [0.05, 0.1) is 12.8 Å². The zero-order valence-corrected chi connectivity index (χ0v) is 9.97. The predicted molar refractivity (Wildman–Crippen MR) is 68.1 cm³/mol. The summed E-state index contributed by atoms with van der Waals surface area (Å²) in [5.74, 6) is 2.98. The quantitative estimate of drug-likeness (QED) is 0.721. The highest BCUT2D eigenvalue weighted by Gasteiger charge is 2.19. The topological polar surface area (TPSA) is 39.5 Å². The Kier molecular flexibility index (Phi) is 3.89. The van der Waals surface area contributed by atoms with Crippen LogP contribution in [0.4, 0.5) is 5.69 Å². The van der Waals surface area contributed by atoms with Crippen molar-refractivity contribution < 1.29 is 4.74 Å². The number of para-hydroxylation sites is 2. The maximum absolute atomic E-state index is 8.60. The summed E-state index contributed by atoms with van der Waals surface area (Å²) in [7, 11) is 3.29. The number of ether oxygens (including phenoxy) is 1. The first-order valence-corrected chi connectivity index (χ1v) is 5.70. The van der Waals surface area contributed by atoms with Gasteiger partial charge in [0.25, 0.3) is 0 Å². The summed E-state index contributed by atoms with van der Waals surface area (Å²) < 4.78 is 5.36. The molecule has 4 nitrogen and oxygen atoms in total. The highest BCUT2D eigenvalue weighted by atomic mass is 16.5. The Hall–Kier alpha value is -1.67. The molecule has 87 valence electrons. The molecule has 0 amide bonds. The minimum Gasteiger partial charge on any atom is -0.495 e. The van der Waals surface area contributed by atoms with Gasteiger partial charge in [0, 0.05) is 32.1 Å². The van der Waals surface area contributed by atoms with Gasteiger partial charge in [-0.15, -0.1) is 0 Å². The number of piperazine rings is 1. The molecular formula is C12H15BN3O. The van der Waals surface area contributed by atoms with E-state index in [9.17, 15) is 0 Å². The summed E-state index contributed by atoms with van der Waals surface area (Å²) in [6, 6.07) is 8.04. The van der Waals surface area contributed by atoms with E-state index in [0.717, 1.165) is 37.6 Å². The largest absolute Gasteiger partial charge is 0.495 e. The molecule has 1 saturated heterocycles. The van der Waals surface area contributed by atoms with E-state index in [4.69, 9.17) is 10.00 Å². The van der Waals surface area contributed by atoms with E-state index in [1.54, 1.807) is 14.5 Å². The number of nitrogens with zero attached hydrogens (tertiary/aromatic N) is 3. The molecule has 0 spiro atoms. The lowest BCUT2D eigenvalue weighted by Crippen LogP contribution is -2.47. The molecule has 0 aliphatic carbocycles. The molecule has 0 aromatic heterocycles. The lowest BCUT2D eigenvalue weighted by Gasteiger charge is -2.35. The SMILES string of the molecule is COc1ccccc1N1CCN([B]C#N)CC1. The van der Waals surface area contributed by atoms with Gasteiger partial charge in [0.2, 0.25) is 0 Å². The van der Waals surface area contributed by atoms with Gasteiger partial charge < -0.3 is 14.4 Å². The minimum absolute atomic E-state index is 0.881. The van der Waals surface area contributed by atoms with Gasteiger partial charge in [-0.05, 0) is 12.1 Å². The van der Waals surface area contributed by atoms with Crippen molar-refractivity contribution in [3.05, 3.63) is 24.3 Å².